The first kappa shape index (κ1) is 25.6. The van der Waals surface area contributed by atoms with Gasteiger partial charge in [0.2, 0.25) is 0 Å². The Kier molecular flexibility index (Phi) is 7.02. The highest BCUT2D eigenvalue weighted by atomic mass is 16.5. The van der Waals surface area contributed by atoms with Crippen LogP contribution >= 0.6 is 0 Å². The van der Waals surface area contributed by atoms with Crippen LogP contribution < -0.4 is 14.8 Å². The highest BCUT2D eigenvalue weighted by Gasteiger charge is 2.55. The fourth-order valence-electron chi connectivity index (χ4n) is 5.99. The Morgan fingerprint density at radius 2 is 1.94 bits per heavy atom. The fraction of sp³-hybridized carbons (Fsp3) is 0.519. The van der Waals surface area contributed by atoms with Gasteiger partial charge in [-0.05, 0) is 38.3 Å². The van der Waals surface area contributed by atoms with Gasteiger partial charge in [0.25, 0.3) is 5.91 Å². The minimum atomic E-state index is -0.469. The molecule has 0 radical (unpaired) electrons. The first-order valence-corrected chi connectivity index (χ1v) is 12.5. The SMILES string of the molecule is CCN1C(=O)N2Cc3cc(OC)cc(OC)c3[C@@H](C)C=C2C12CCN(C(=O)/C(=C/NC)C(C)=N)CC2. The smallest absolute Gasteiger partial charge is 0.325 e. The molecule has 3 aliphatic heterocycles. The van der Waals surface area contributed by atoms with Crippen LogP contribution in [0.3, 0.4) is 0 Å². The molecule has 2 saturated heterocycles. The summed E-state index contributed by atoms with van der Waals surface area (Å²) >= 11 is 0. The third-order valence-electron chi connectivity index (χ3n) is 7.71. The molecule has 0 aliphatic carbocycles. The van der Waals surface area contributed by atoms with Crippen molar-refractivity contribution in [3.8, 4) is 11.5 Å². The molecule has 2 N–H and O–H groups in total. The Labute approximate surface area is 213 Å². The number of urea groups is 1. The maximum atomic E-state index is 13.7. The molecule has 3 aliphatic rings. The Bertz CT molecular complexity index is 1130. The van der Waals surface area contributed by atoms with E-state index in [1.54, 1.807) is 39.3 Å². The molecule has 0 saturated carbocycles. The lowest BCUT2D eigenvalue weighted by atomic mass is 9.82. The van der Waals surface area contributed by atoms with Crippen molar-refractivity contribution in [2.24, 2.45) is 0 Å². The van der Waals surface area contributed by atoms with Crippen LogP contribution in [0.25, 0.3) is 0 Å². The molecule has 0 aromatic heterocycles. The number of nitrogens with one attached hydrogen (secondary N) is 2. The fourth-order valence-corrected chi connectivity index (χ4v) is 5.99. The van der Waals surface area contributed by atoms with E-state index in [1.165, 1.54) is 0 Å². The van der Waals surface area contributed by atoms with Crippen molar-refractivity contribution in [2.45, 2.75) is 51.6 Å². The monoisotopic (exact) mass is 495 g/mol. The molecular weight excluding hydrogens is 458 g/mol. The summed E-state index contributed by atoms with van der Waals surface area (Å²) in [5.74, 6) is 1.35. The third-order valence-corrected chi connectivity index (χ3v) is 7.71. The van der Waals surface area contributed by atoms with E-state index in [0.29, 0.717) is 50.3 Å². The van der Waals surface area contributed by atoms with Crippen LogP contribution in [-0.4, -0.2) is 78.8 Å². The van der Waals surface area contributed by atoms with Crippen LogP contribution in [0.4, 0.5) is 4.79 Å². The largest absolute Gasteiger partial charge is 0.497 e. The Balaban J connectivity index is 1.70. The van der Waals surface area contributed by atoms with Gasteiger partial charge in [0.15, 0.2) is 0 Å². The molecule has 3 heterocycles. The van der Waals surface area contributed by atoms with Gasteiger partial charge in [0, 0.05) is 61.8 Å². The van der Waals surface area contributed by atoms with Crippen LogP contribution in [0.5, 0.6) is 11.5 Å². The second kappa shape index (κ2) is 9.87. The van der Waals surface area contributed by atoms with Crippen LogP contribution in [0.2, 0.25) is 0 Å². The molecular formula is C27H37N5O4. The number of allylic oxidation sites excluding steroid dienone is 1. The highest BCUT2D eigenvalue weighted by molar-refractivity contribution is 6.19. The first-order valence-electron chi connectivity index (χ1n) is 12.5. The van der Waals surface area contributed by atoms with Gasteiger partial charge < -0.3 is 30.0 Å². The van der Waals surface area contributed by atoms with E-state index in [-0.39, 0.29) is 23.6 Å². The van der Waals surface area contributed by atoms with E-state index in [1.807, 2.05) is 28.9 Å². The number of rotatable bonds is 6. The maximum Gasteiger partial charge on any atom is 0.325 e. The van der Waals surface area contributed by atoms with Gasteiger partial charge in [0.05, 0.1) is 31.9 Å². The summed E-state index contributed by atoms with van der Waals surface area (Å²) in [7, 11) is 5.01. The third kappa shape index (κ3) is 4.00. The van der Waals surface area contributed by atoms with E-state index >= 15 is 0 Å². The quantitative estimate of drug-likeness (QED) is 0.465. The Morgan fingerprint density at radius 3 is 2.50 bits per heavy atom. The average Bonchev–Trinajstić information content (AvgIpc) is 2.97. The number of carbonyl (C=O) groups is 2. The lowest BCUT2D eigenvalue weighted by Gasteiger charge is -2.44. The number of benzene rings is 1. The topological polar surface area (TPSA) is 98.2 Å². The molecule has 9 nitrogen and oxygen atoms in total. The summed E-state index contributed by atoms with van der Waals surface area (Å²) in [6.07, 6.45) is 5.09. The highest BCUT2D eigenvalue weighted by Crippen LogP contribution is 2.49. The van der Waals surface area contributed by atoms with Crippen molar-refractivity contribution in [3.63, 3.8) is 0 Å². The number of hydrogen-bond donors (Lipinski definition) is 2. The number of piperidine rings is 1. The Hall–Kier alpha value is -3.49. The molecule has 1 spiro atoms. The summed E-state index contributed by atoms with van der Waals surface area (Å²) in [5.41, 5.74) is 3.23. The summed E-state index contributed by atoms with van der Waals surface area (Å²) in [6.45, 7) is 7.84. The minimum absolute atomic E-state index is 0.00327. The molecule has 1 atom stereocenters. The van der Waals surface area contributed by atoms with E-state index in [4.69, 9.17) is 14.9 Å². The number of methoxy groups -OCH3 is 2. The van der Waals surface area contributed by atoms with E-state index in [2.05, 4.69) is 18.3 Å². The second-order valence-electron chi connectivity index (χ2n) is 9.65. The van der Waals surface area contributed by atoms with Crippen LogP contribution in [0, 0.1) is 5.41 Å². The molecule has 9 heteroatoms. The molecule has 1 aromatic rings. The van der Waals surface area contributed by atoms with Gasteiger partial charge in [-0.15, -0.1) is 0 Å². The van der Waals surface area contributed by atoms with Crippen molar-refractivity contribution in [3.05, 3.63) is 46.8 Å². The lowest BCUT2D eigenvalue weighted by Crippen LogP contribution is -2.55. The molecule has 2 fully saturated rings. The lowest BCUT2D eigenvalue weighted by molar-refractivity contribution is -0.128. The van der Waals surface area contributed by atoms with Crippen LogP contribution in [0.1, 0.15) is 50.7 Å². The van der Waals surface area contributed by atoms with Crippen molar-refractivity contribution in [2.75, 3.05) is 40.9 Å². The van der Waals surface area contributed by atoms with Gasteiger partial charge in [-0.2, -0.15) is 0 Å². The van der Waals surface area contributed by atoms with Gasteiger partial charge in [-0.1, -0.05) is 13.0 Å². The zero-order valence-corrected chi connectivity index (χ0v) is 22.1. The molecule has 36 heavy (non-hydrogen) atoms. The number of likely N-dealkylation sites (N-methyl/N-ethyl adjacent to an activating group) is 1. The van der Waals surface area contributed by atoms with Gasteiger partial charge in [-0.25, -0.2) is 4.79 Å². The number of amides is 3. The molecule has 3 amide bonds. The van der Waals surface area contributed by atoms with Gasteiger partial charge in [0.1, 0.15) is 11.5 Å². The van der Waals surface area contributed by atoms with Gasteiger partial charge in [-0.3, -0.25) is 9.69 Å². The molecule has 194 valence electrons. The summed E-state index contributed by atoms with van der Waals surface area (Å²) < 4.78 is 11.2. The summed E-state index contributed by atoms with van der Waals surface area (Å²) in [6, 6.07) is 3.89. The number of fused-ring (bicyclic) bond motifs is 3. The number of carbonyl (C=O) groups excluding carboxylic acids is 2. The predicted octanol–water partition coefficient (Wildman–Crippen LogP) is 3.47. The number of likely N-dealkylation sites (tertiary alicyclic amines) is 1. The molecule has 4 rings (SSSR count). The maximum absolute atomic E-state index is 13.7. The van der Waals surface area contributed by atoms with Gasteiger partial charge >= 0.3 is 6.03 Å². The van der Waals surface area contributed by atoms with Crippen molar-refractivity contribution in [1.29, 1.82) is 5.41 Å². The minimum Gasteiger partial charge on any atom is -0.497 e. The second-order valence-corrected chi connectivity index (χ2v) is 9.65. The number of ether oxygens (including phenoxy) is 2. The number of hydrogen-bond acceptors (Lipinski definition) is 6. The standard InChI is InChI=1S/C27H37N5O4/c1-7-32-26(34)31-16-19-13-20(35-5)14-22(36-6)24(19)17(2)12-23(31)27(32)8-10-30(11-9-27)25(33)21(15-29-4)18(3)28/h12-15,17,28-29H,7-11,16H2,1-6H3/b21-15+,28-18?/t17-/m0/s1. The van der Waals surface area contributed by atoms with Crippen LogP contribution in [-0.2, 0) is 11.3 Å². The normalized spacial score (nSPS) is 21.0. The predicted molar refractivity (Wildman–Crippen MR) is 138 cm³/mol. The van der Waals surface area contributed by atoms with E-state index in [0.717, 1.165) is 22.6 Å². The average molecular weight is 496 g/mol. The molecule has 1 aromatic carbocycles. The summed E-state index contributed by atoms with van der Waals surface area (Å²) in [5, 5.41) is 10.9. The first-order chi connectivity index (χ1) is 17.2. The number of nitrogens with zero attached hydrogens (tertiary/aromatic N) is 3. The van der Waals surface area contributed by atoms with Crippen LogP contribution in [0.15, 0.2) is 35.7 Å². The summed E-state index contributed by atoms with van der Waals surface area (Å²) in [4.78, 5) is 32.6. The van der Waals surface area contributed by atoms with Crippen molar-refractivity contribution >= 4 is 17.6 Å². The van der Waals surface area contributed by atoms with E-state index in [9.17, 15) is 9.59 Å². The Morgan fingerprint density at radius 1 is 1.25 bits per heavy atom. The zero-order chi connectivity index (χ0) is 26.2. The molecule has 0 unspecified atom stereocenters. The van der Waals surface area contributed by atoms with Crippen molar-refractivity contribution in [1.82, 2.24) is 20.0 Å². The molecule has 0 bridgehead atoms. The zero-order valence-electron chi connectivity index (χ0n) is 22.1. The van der Waals surface area contributed by atoms with Crippen molar-refractivity contribution < 1.29 is 19.1 Å². The van der Waals surface area contributed by atoms with E-state index < -0.39 is 5.54 Å².